The van der Waals surface area contributed by atoms with Crippen LogP contribution < -0.4 is 10.9 Å². The summed E-state index contributed by atoms with van der Waals surface area (Å²) in [5, 5.41) is 7.36. The van der Waals surface area contributed by atoms with E-state index in [4.69, 9.17) is 11.6 Å². The van der Waals surface area contributed by atoms with Gasteiger partial charge in [0.05, 0.1) is 11.9 Å². The van der Waals surface area contributed by atoms with Crippen LogP contribution in [0.1, 0.15) is 31.0 Å². The van der Waals surface area contributed by atoms with Gasteiger partial charge in [-0.3, -0.25) is 4.79 Å². The Morgan fingerprint density at radius 2 is 2.00 bits per heavy atom. The fourth-order valence-corrected chi connectivity index (χ4v) is 2.20. The molecule has 0 bridgehead atoms. The highest BCUT2D eigenvalue weighted by Crippen LogP contribution is 2.23. The van der Waals surface area contributed by atoms with Gasteiger partial charge in [-0.25, -0.2) is 4.68 Å². The second-order valence-corrected chi connectivity index (χ2v) is 5.14. The molecule has 2 aromatic rings. The van der Waals surface area contributed by atoms with Crippen molar-refractivity contribution in [3.8, 4) is 0 Å². The normalized spacial score (nSPS) is 12.2. The van der Waals surface area contributed by atoms with Gasteiger partial charge in [0, 0.05) is 13.1 Å². The molecule has 20 heavy (non-hydrogen) atoms. The Labute approximate surface area is 123 Å². The summed E-state index contributed by atoms with van der Waals surface area (Å²) in [5.74, 6) is 0. The molecule has 0 aliphatic carbocycles. The van der Waals surface area contributed by atoms with Crippen LogP contribution in [0.5, 0.6) is 0 Å². The fraction of sp³-hybridized carbons (Fsp3) is 0.333. The standard InChI is InChI=1S/C15H18ClN3O/c1-4-11-5-7-12(8-6-11)10(2)18-13-9-17-19(3)15(20)14(13)16/h5-10,18H,4H2,1-3H3. The van der Waals surface area contributed by atoms with Gasteiger partial charge in [-0.2, -0.15) is 5.10 Å². The first-order valence-corrected chi connectivity index (χ1v) is 6.98. The van der Waals surface area contributed by atoms with Gasteiger partial charge in [-0.1, -0.05) is 42.8 Å². The van der Waals surface area contributed by atoms with E-state index in [0.29, 0.717) is 5.69 Å². The third-order valence-electron chi connectivity index (χ3n) is 3.34. The topological polar surface area (TPSA) is 46.9 Å². The molecule has 0 spiro atoms. The number of halogens is 1. The van der Waals surface area contributed by atoms with Crippen LogP contribution in [0.15, 0.2) is 35.3 Å². The zero-order valence-electron chi connectivity index (χ0n) is 11.9. The van der Waals surface area contributed by atoms with Crippen molar-refractivity contribution in [3.05, 3.63) is 57.0 Å². The zero-order valence-corrected chi connectivity index (χ0v) is 12.6. The Balaban J connectivity index is 2.21. The van der Waals surface area contributed by atoms with Crippen molar-refractivity contribution in [2.24, 2.45) is 7.05 Å². The molecule has 0 radical (unpaired) electrons. The lowest BCUT2D eigenvalue weighted by Crippen LogP contribution is -2.21. The van der Waals surface area contributed by atoms with Gasteiger partial charge in [0.1, 0.15) is 5.02 Å². The second-order valence-electron chi connectivity index (χ2n) is 4.76. The molecule has 0 saturated carbocycles. The van der Waals surface area contributed by atoms with Gasteiger partial charge >= 0.3 is 0 Å². The lowest BCUT2D eigenvalue weighted by Gasteiger charge is -2.16. The molecule has 106 valence electrons. The Morgan fingerprint density at radius 1 is 1.35 bits per heavy atom. The summed E-state index contributed by atoms with van der Waals surface area (Å²) in [7, 11) is 1.57. The predicted molar refractivity (Wildman–Crippen MR) is 82.3 cm³/mol. The predicted octanol–water partition coefficient (Wildman–Crippen LogP) is 3.17. The maximum absolute atomic E-state index is 11.7. The summed E-state index contributed by atoms with van der Waals surface area (Å²) in [4.78, 5) is 11.7. The maximum Gasteiger partial charge on any atom is 0.287 e. The molecule has 0 aliphatic heterocycles. The molecule has 0 amide bonds. The molecule has 1 heterocycles. The number of benzene rings is 1. The highest BCUT2D eigenvalue weighted by molar-refractivity contribution is 6.32. The minimum absolute atomic E-state index is 0.0484. The summed E-state index contributed by atoms with van der Waals surface area (Å²) in [5.41, 5.74) is 2.69. The minimum Gasteiger partial charge on any atom is -0.376 e. The molecule has 0 fully saturated rings. The van der Waals surface area contributed by atoms with Crippen LogP contribution in [-0.4, -0.2) is 9.78 Å². The van der Waals surface area contributed by atoms with Gasteiger partial charge in [-0.05, 0) is 24.5 Å². The quantitative estimate of drug-likeness (QED) is 0.941. The first kappa shape index (κ1) is 14.6. The van der Waals surface area contributed by atoms with Crippen LogP contribution in [0.3, 0.4) is 0 Å². The van der Waals surface area contributed by atoms with Gasteiger partial charge < -0.3 is 5.32 Å². The Hall–Kier alpha value is -1.81. The van der Waals surface area contributed by atoms with Crippen molar-refractivity contribution in [1.82, 2.24) is 9.78 Å². The number of anilines is 1. The van der Waals surface area contributed by atoms with E-state index in [2.05, 4.69) is 41.6 Å². The van der Waals surface area contributed by atoms with E-state index in [9.17, 15) is 4.79 Å². The zero-order chi connectivity index (χ0) is 14.7. The summed E-state index contributed by atoms with van der Waals surface area (Å²) in [6.07, 6.45) is 2.59. The summed E-state index contributed by atoms with van der Waals surface area (Å²) >= 11 is 6.04. The van der Waals surface area contributed by atoms with Crippen molar-refractivity contribution in [3.63, 3.8) is 0 Å². The van der Waals surface area contributed by atoms with Crippen LogP contribution in [0.2, 0.25) is 5.02 Å². The molecule has 1 atom stereocenters. The van der Waals surface area contributed by atoms with Crippen molar-refractivity contribution in [2.45, 2.75) is 26.3 Å². The molecule has 4 nitrogen and oxygen atoms in total. The number of hydrogen-bond donors (Lipinski definition) is 1. The highest BCUT2D eigenvalue weighted by atomic mass is 35.5. The first-order valence-electron chi connectivity index (χ1n) is 6.60. The number of nitrogens with one attached hydrogen (secondary N) is 1. The van der Waals surface area contributed by atoms with Crippen LogP contribution in [-0.2, 0) is 13.5 Å². The van der Waals surface area contributed by atoms with Crippen LogP contribution >= 0.6 is 11.6 Å². The average Bonchev–Trinajstić information content (AvgIpc) is 2.48. The van der Waals surface area contributed by atoms with Crippen LogP contribution in [0.4, 0.5) is 5.69 Å². The average molecular weight is 292 g/mol. The maximum atomic E-state index is 11.7. The summed E-state index contributed by atoms with van der Waals surface area (Å²) < 4.78 is 1.22. The minimum atomic E-state index is -0.301. The lowest BCUT2D eigenvalue weighted by atomic mass is 10.0. The number of aromatic nitrogens is 2. The third-order valence-corrected chi connectivity index (χ3v) is 3.70. The molecule has 0 saturated heterocycles. The van der Waals surface area contributed by atoms with Crippen molar-refractivity contribution in [1.29, 1.82) is 0 Å². The Kier molecular flexibility index (Phi) is 4.45. The van der Waals surface area contributed by atoms with Crippen molar-refractivity contribution in [2.75, 3.05) is 5.32 Å². The SMILES string of the molecule is CCc1ccc(C(C)Nc2cnn(C)c(=O)c2Cl)cc1. The van der Waals surface area contributed by atoms with Crippen molar-refractivity contribution < 1.29 is 0 Å². The van der Waals surface area contributed by atoms with Gasteiger partial charge in [0.2, 0.25) is 0 Å². The molecule has 2 rings (SSSR count). The number of nitrogens with zero attached hydrogens (tertiary/aromatic N) is 2. The van der Waals surface area contributed by atoms with E-state index < -0.39 is 0 Å². The number of rotatable bonds is 4. The van der Waals surface area contributed by atoms with Gasteiger partial charge in [0.25, 0.3) is 5.56 Å². The Bertz CT molecular complexity index is 649. The molecule has 1 N–H and O–H groups in total. The molecular weight excluding hydrogens is 274 g/mol. The summed E-state index contributed by atoms with van der Waals surface area (Å²) in [6.45, 7) is 4.15. The highest BCUT2D eigenvalue weighted by Gasteiger charge is 2.11. The third kappa shape index (κ3) is 3.02. The largest absolute Gasteiger partial charge is 0.376 e. The van der Waals surface area contributed by atoms with E-state index in [1.807, 2.05) is 6.92 Å². The monoisotopic (exact) mass is 291 g/mol. The second kappa shape index (κ2) is 6.09. The number of aryl methyl sites for hydroxylation is 2. The molecular formula is C15H18ClN3O. The van der Waals surface area contributed by atoms with E-state index in [-0.39, 0.29) is 16.6 Å². The molecule has 0 aliphatic rings. The van der Waals surface area contributed by atoms with E-state index in [1.165, 1.54) is 10.2 Å². The first-order chi connectivity index (χ1) is 9.52. The van der Waals surface area contributed by atoms with Gasteiger partial charge in [-0.15, -0.1) is 0 Å². The van der Waals surface area contributed by atoms with Crippen LogP contribution in [0, 0.1) is 0 Å². The van der Waals surface area contributed by atoms with E-state index >= 15 is 0 Å². The van der Waals surface area contributed by atoms with E-state index in [0.717, 1.165) is 12.0 Å². The van der Waals surface area contributed by atoms with E-state index in [1.54, 1.807) is 13.2 Å². The summed E-state index contributed by atoms with van der Waals surface area (Å²) in [6, 6.07) is 8.43. The number of hydrogen-bond acceptors (Lipinski definition) is 3. The van der Waals surface area contributed by atoms with Gasteiger partial charge in [0.15, 0.2) is 0 Å². The van der Waals surface area contributed by atoms with Crippen LogP contribution in [0.25, 0.3) is 0 Å². The smallest absolute Gasteiger partial charge is 0.287 e. The molecule has 1 aromatic heterocycles. The lowest BCUT2D eigenvalue weighted by molar-refractivity contribution is 0.706. The van der Waals surface area contributed by atoms with Crippen molar-refractivity contribution >= 4 is 17.3 Å². The molecule has 1 aromatic carbocycles. The molecule has 1 unspecified atom stereocenters. The fourth-order valence-electron chi connectivity index (χ4n) is 1.97. The Morgan fingerprint density at radius 3 is 2.60 bits per heavy atom. The molecule has 5 heteroatoms.